The summed E-state index contributed by atoms with van der Waals surface area (Å²) in [6.45, 7) is 0.451. The first-order chi connectivity index (χ1) is 8.70. The van der Waals surface area contributed by atoms with Gasteiger partial charge in [0.1, 0.15) is 17.4 Å². The monoisotopic (exact) mass is 282 g/mol. The lowest BCUT2D eigenvalue weighted by atomic mass is 10.1. The summed E-state index contributed by atoms with van der Waals surface area (Å²) < 4.78 is 5.60. The third kappa shape index (κ3) is 3.16. The van der Waals surface area contributed by atoms with Crippen molar-refractivity contribution >= 4 is 23.2 Å². The van der Waals surface area contributed by atoms with E-state index in [0.29, 0.717) is 22.4 Å². The van der Waals surface area contributed by atoms with Crippen LogP contribution in [0.1, 0.15) is 11.1 Å². The Bertz CT molecular complexity index is 524. The molecule has 0 aliphatic rings. The van der Waals surface area contributed by atoms with Gasteiger partial charge in [0.2, 0.25) is 0 Å². The van der Waals surface area contributed by atoms with Gasteiger partial charge in [0.25, 0.3) is 0 Å². The normalized spacial score (nSPS) is 10.4. The predicted molar refractivity (Wildman–Crippen MR) is 73.2 cm³/mol. The van der Waals surface area contributed by atoms with Gasteiger partial charge in [-0.15, -0.1) is 0 Å². The van der Waals surface area contributed by atoms with E-state index >= 15 is 0 Å². The molecule has 2 nitrogen and oxygen atoms in total. The molecule has 2 aromatic carbocycles. The van der Waals surface area contributed by atoms with E-state index in [0.717, 1.165) is 11.1 Å². The first-order valence-electron chi connectivity index (χ1n) is 5.46. The van der Waals surface area contributed by atoms with Gasteiger partial charge in [-0.25, -0.2) is 0 Å². The van der Waals surface area contributed by atoms with Gasteiger partial charge in [0, 0.05) is 0 Å². The smallest absolute Gasteiger partial charge is 0.139 e. The van der Waals surface area contributed by atoms with Crippen molar-refractivity contribution in [1.82, 2.24) is 0 Å². The second kappa shape index (κ2) is 6.10. The van der Waals surface area contributed by atoms with Gasteiger partial charge in [-0.3, -0.25) is 0 Å². The fourth-order valence-electron chi connectivity index (χ4n) is 1.50. The molecule has 0 radical (unpaired) electrons. The van der Waals surface area contributed by atoms with Crippen LogP contribution in [-0.2, 0) is 13.2 Å². The molecular weight excluding hydrogens is 271 g/mol. The highest BCUT2D eigenvalue weighted by atomic mass is 35.5. The molecule has 0 saturated carbocycles. The van der Waals surface area contributed by atoms with Crippen LogP contribution in [0.15, 0.2) is 42.5 Å². The van der Waals surface area contributed by atoms with E-state index in [1.165, 1.54) is 0 Å². The maximum Gasteiger partial charge on any atom is 0.139 e. The third-order valence-electron chi connectivity index (χ3n) is 2.52. The highest BCUT2D eigenvalue weighted by Crippen LogP contribution is 2.31. The van der Waals surface area contributed by atoms with Gasteiger partial charge in [-0.05, 0) is 23.3 Å². The minimum Gasteiger partial charge on any atom is -0.487 e. The average molecular weight is 283 g/mol. The Balaban J connectivity index is 2.04. The fourth-order valence-corrected chi connectivity index (χ4v) is 1.84. The molecule has 0 aliphatic heterocycles. The zero-order valence-electron chi connectivity index (χ0n) is 9.57. The van der Waals surface area contributed by atoms with Crippen LogP contribution in [-0.4, -0.2) is 5.11 Å². The van der Waals surface area contributed by atoms with E-state index in [1.54, 1.807) is 18.2 Å². The number of hydrogen-bond acceptors (Lipinski definition) is 2. The number of halogens is 2. The van der Waals surface area contributed by atoms with E-state index in [9.17, 15) is 0 Å². The number of hydrogen-bond donors (Lipinski definition) is 1. The molecule has 2 rings (SSSR count). The van der Waals surface area contributed by atoms with Crippen molar-refractivity contribution in [2.24, 2.45) is 0 Å². The minimum absolute atomic E-state index is 0.0429. The number of ether oxygens (including phenoxy) is 1. The summed E-state index contributed by atoms with van der Waals surface area (Å²) in [7, 11) is 0. The van der Waals surface area contributed by atoms with E-state index in [-0.39, 0.29) is 6.61 Å². The van der Waals surface area contributed by atoms with Gasteiger partial charge in [-0.2, -0.15) is 0 Å². The Kier molecular flexibility index (Phi) is 4.48. The van der Waals surface area contributed by atoms with Crippen LogP contribution in [0.4, 0.5) is 0 Å². The molecule has 0 spiro atoms. The minimum atomic E-state index is 0.0429. The molecule has 0 atom stereocenters. The van der Waals surface area contributed by atoms with Crippen molar-refractivity contribution in [2.75, 3.05) is 0 Å². The highest BCUT2D eigenvalue weighted by Gasteiger charge is 2.05. The predicted octanol–water partition coefficient (Wildman–Crippen LogP) is 4.06. The summed E-state index contributed by atoms with van der Waals surface area (Å²) in [4.78, 5) is 0. The topological polar surface area (TPSA) is 29.5 Å². The van der Waals surface area contributed by atoms with Crippen molar-refractivity contribution in [3.63, 3.8) is 0 Å². The zero-order valence-corrected chi connectivity index (χ0v) is 11.1. The van der Waals surface area contributed by atoms with Crippen molar-refractivity contribution in [3.8, 4) is 5.75 Å². The molecule has 94 valence electrons. The van der Waals surface area contributed by atoms with Gasteiger partial charge in [-0.1, -0.05) is 53.5 Å². The molecule has 0 fully saturated rings. The second-order valence-corrected chi connectivity index (χ2v) is 4.60. The Morgan fingerprint density at radius 3 is 2.28 bits per heavy atom. The Labute approximate surface area is 116 Å². The molecule has 1 N–H and O–H groups in total. The largest absolute Gasteiger partial charge is 0.487 e. The molecule has 0 aliphatic carbocycles. The quantitative estimate of drug-likeness (QED) is 0.916. The number of aliphatic hydroxyl groups is 1. The summed E-state index contributed by atoms with van der Waals surface area (Å²) in [6.07, 6.45) is 0. The Morgan fingerprint density at radius 1 is 0.944 bits per heavy atom. The summed E-state index contributed by atoms with van der Waals surface area (Å²) in [6, 6.07) is 12.8. The fraction of sp³-hybridized carbons (Fsp3) is 0.143. The second-order valence-electron chi connectivity index (χ2n) is 3.82. The summed E-state index contributed by atoms with van der Waals surface area (Å²) >= 11 is 11.9. The van der Waals surface area contributed by atoms with E-state index in [4.69, 9.17) is 33.0 Å². The molecule has 0 unspecified atom stereocenters. The SMILES string of the molecule is OCc1ccc(COc2cccc(Cl)c2Cl)cc1. The summed E-state index contributed by atoms with van der Waals surface area (Å²) in [5.41, 5.74) is 1.88. The van der Waals surface area contributed by atoms with E-state index < -0.39 is 0 Å². The van der Waals surface area contributed by atoms with Gasteiger partial charge in [0.05, 0.1) is 11.6 Å². The van der Waals surface area contributed by atoms with Gasteiger partial charge in [0.15, 0.2) is 0 Å². The molecule has 4 heteroatoms. The number of benzene rings is 2. The molecule has 0 heterocycles. The third-order valence-corrected chi connectivity index (χ3v) is 3.32. The summed E-state index contributed by atoms with van der Waals surface area (Å²) in [5, 5.41) is 9.84. The van der Waals surface area contributed by atoms with Crippen molar-refractivity contribution in [2.45, 2.75) is 13.2 Å². The summed E-state index contributed by atoms with van der Waals surface area (Å²) in [5.74, 6) is 0.565. The van der Waals surface area contributed by atoms with Crippen LogP contribution in [0.3, 0.4) is 0 Å². The van der Waals surface area contributed by atoms with Crippen molar-refractivity contribution in [3.05, 3.63) is 63.6 Å². The first-order valence-corrected chi connectivity index (χ1v) is 6.22. The van der Waals surface area contributed by atoms with Gasteiger partial charge >= 0.3 is 0 Å². The van der Waals surface area contributed by atoms with Gasteiger partial charge < -0.3 is 9.84 Å². The molecule has 0 aromatic heterocycles. The van der Waals surface area contributed by atoms with Crippen molar-refractivity contribution in [1.29, 1.82) is 0 Å². The molecule has 0 saturated heterocycles. The van der Waals surface area contributed by atoms with Crippen LogP contribution in [0.5, 0.6) is 5.75 Å². The molecule has 2 aromatic rings. The lowest BCUT2D eigenvalue weighted by molar-refractivity contribution is 0.281. The highest BCUT2D eigenvalue weighted by molar-refractivity contribution is 6.42. The van der Waals surface area contributed by atoms with Crippen molar-refractivity contribution < 1.29 is 9.84 Å². The van der Waals surface area contributed by atoms with E-state index in [2.05, 4.69) is 0 Å². The standard InChI is InChI=1S/C14H12Cl2O2/c15-12-2-1-3-13(14(12)16)18-9-11-6-4-10(8-17)5-7-11/h1-7,17H,8-9H2. The number of rotatable bonds is 4. The lowest BCUT2D eigenvalue weighted by Crippen LogP contribution is -1.96. The first kappa shape index (κ1) is 13.2. The maximum atomic E-state index is 8.94. The van der Waals surface area contributed by atoms with Crippen LogP contribution in [0.2, 0.25) is 10.0 Å². The van der Waals surface area contributed by atoms with E-state index in [1.807, 2.05) is 24.3 Å². The molecular formula is C14H12Cl2O2. The number of aliphatic hydroxyl groups excluding tert-OH is 1. The maximum absolute atomic E-state index is 8.94. The zero-order chi connectivity index (χ0) is 13.0. The van der Waals surface area contributed by atoms with Crippen LogP contribution >= 0.6 is 23.2 Å². The Morgan fingerprint density at radius 2 is 1.61 bits per heavy atom. The molecule has 0 amide bonds. The van der Waals surface area contributed by atoms with Crippen LogP contribution in [0.25, 0.3) is 0 Å². The lowest BCUT2D eigenvalue weighted by Gasteiger charge is -2.09. The molecule has 0 bridgehead atoms. The molecule has 18 heavy (non-hydrogen) atoms. The van der Waals surface area contributed by atoms with Crippen LogP contribution < -0.4 is 4.74 Å². The average Bonchev–Trinajstić information content (AvgIpc) is 2.41. The van der Waals surface area contributed by atoms with Crippen LogP contribution in [0, 0.1) is 0 Å². The Hall–Kier alpha value is -1.22.